The number of aromatic nitrogens is 4. The van der Waals surface area contributed by atoms with Crippen molar-refractivity contribution in [1.82, 2.24) is 20.0 Å². The Labute approximate surface area is 164 Å². The van der Waals surface area contributed by atoms with E-state index >= 15 is 0 Å². The van der Waals surface area contributed by atoms with E-state index < -0.39 is 0 Å². The van der Waals surface area contributed by atoms with Gasteiger partial charge in [0, 0.05) is 18.2 Å². The van der Waals surface area contributed by atoms with E-state index in [1.807, 2.05) is 49.7 Å². The maximum absolute atomic E-state index is 12.3. The molecule has 0 spiro atoms. The van der Waals surface area contributed by atoms with Gasteiger partial charge in [-0.2, -0.15) is 0 Å². The van der Waals surface area contributed by atoms with Gasteiger partial charge in [0.2, 0.25) is 0 Å². The van der Waals surface area contributed by atoms with Crippen LogP contribution >= 0.6 is 0 Å². The van der Waals surface area contributed by atoms with Crippen molar-refractivity contribution in [1.29, 1.82) is 0 Å². The molecule has 0 bridgehead atoms. The van der Waals surface area contributed by atoms with Crippen LogP contribution in [0.25, 0.3) is 11.0 Å². The molecule has 3 aromatic rings. The van der Waals surface area contributed by atoms with Crippen molar-refractivity contribution >= 4 is 17.0 Å². The van der Waals surface area contributed by atoms with Crippen LogP contribution in [-0.4, -0.2) is 37.7 Å². The molecule has 148 valence electrons. The monoisotopic (exact) mass is 382 g/mol. The number of ether oxygens (including phenoxy) is 1. The molecule has 2 aromatic heterocycles. The van der Waals surface area contributed by atoms with E-state index in [2.05, 4.69) is 15.3 Å². The summed E-state index contributed by atoms with van der Waals surface area (Å²) in [7, 11) is 0. The molecule has 7 heteroatoms. The fourth-order valence-electron chi connectivity index (χ4n) is 3.50. The lowest BCUT2D eigenvalue weighted by Crippen LogP contribution is -2.15. The van der Waals surface area contributed by atoms with E-state index in [0.717, 1.165) is 40.0 Å². The summed E-state index contributed by atoms with van der Waals surface area (Å²) < 4.78 is 7.04. The molecule has 7 nitrogen and oxygen atoms in total. The zero-order valence-electron chi connectivity index (χ0n) is 16.8. The van der Waals surface area contributed by atoms with Crippen LogP contribution in [0.3, 0.4) is 0 Å². The standard InChI is InChI=1S/C21H26N4O3/c1-5-25-19-10-8-15(14(4)21(19)23-24-25)16(11-20(27)28-6-2)17-9-7-13(3)18(12-26)22-17/h7-10,16,26H,5-6,11-12H2,1-4H3/t16-/m1/s1. The number of rotatable bonds is 7. The fraction of sp³-hybridized carbons (Fsp3) is 0.429. The zero-order chi connectivity index (χ0) is 20.3. The predicted octanol–water partition coefficient (Wildman–Crippen LogP) is 3.04. The molecule has 0 saturated carbocycles. The van der Waals surface area contributed by atoms with E-state index in [1.165, 1.54) is 0 Å². The van der Waals surface area contributed by atoms with Crippen molar-refractivity contribution in [3.8, 4) is 0 Å². The highest BCUT2D eigenvalue weighted by Gasteiger charge is 2.24. The number of hydrogen-bond acceptors (Lipinski definition) is 6. The van der Waals surface area contributed by atoms with Crippen LogP contribution in [-0.2, 0) is 22.7 Å². The summed E-state index contributed by atoms with van der Waals surface area (Å²) in [6.45, 7) is 8.64. The highest BCUT2D eigenvalue weighted by molar-refractivity contribution is 5.80. The Balaban J connectivity index is 2.12. The Morgan fingerprint density at radius 2 is 2.00 bits per heavy atom. The van der Waals surface area contributed by atoms with E-state index in [4.69, 9.17) is 4.74 Å². The van der Waals surface area contributed by atoms with Gasteiger partial charge in [0.25, 0.3) is 0 Å². The number of hydrogen-bond donors (Lipinski definition) is 1. The van der Waals surface area contributed by atoms with Crippen molar-refractivity contribution in [2.45, 2.75) is 53.2 Å². The number of carbonyl (C=O) groups is 1. The molecule has 0 amide bonds. The number of fused-ring (bicyclic) bond motifs is 1. The summed E-state index contributed by atoms with van der Waals surface area (Å²) in [4.78, 5) is 16.9. The van der Waals surface area contributed by atoms with E-state index in [0.29, 0.717) is 12.3 Å². The van der Waals surface area contributed by atoms with Crippen molar-refractivity contribution in [3.63, 3.8) is 0 Å². The first kappa shape index (κ1) is 19.9. The molecule has 28 heavy (non-hydrogen) atoms. The summed E-state index contributed by atoms with van der Waals surface area (Å²) in [5.74, 6) is -0.571. The second-order valence-corrected chi connectivity index (χ2v) is 6.77. The number of aliphatic hydroxyl groups excluding tert-OH is 1. The van der Waals surface area contributed by atoms with Crippen LogP contribution in [0.5, 0.6) is 0 Å². The summed E-state index contributed by atoms with van der Waals surface area (Å²) >= 11 is 0. The molecule has 3 rings (SSSR count). The Bertz CT molecular complexity index is 997. The largest absolute Gasteiger partial charge is 0.466 e. The van der Waals surface area contributed by atoms with Gasteiger partial charge < -0.3 is 9.84 Å². The van der Waals surface area contributed by atoms with Crippen LogP contribution in [0.4, 0.5) is 0 Å². The maximum atomic E-state index is 12.3. The average Bonchev–Trinajstić information content (AvgIpc) is 3.11. The summed E-state index contributed by atoms with van der Waals surface area (Å²) in [6.07, 6.45) is 0.170. The van der Waals surface area contributed by atoms with Crippen molar-refractivity contribution in [2.24, 2.45) is 0 Å². The number of pyridine rings is 1. The van der Waals surface area contributed by atoms with Crippen LogP contribution in [0.15, 0.2) is 24.3 Å². The van der Waals surface area contributed by atoms with Gasteiger partial charge in [-0.25, -0.2) is 4.68 Å². The topological polar surface area (TPSA) is 90.1 Å². The van der Waals surface area contributed by atoms with Gasteiger partial charge >= 0.3 is 5.97 Å². The minimum absolute atomic E-state index is 0.144. The van der Waals surface area contributed by atoms with Gasteiger partial charge in [-0.05, 0) is 56.5 Å². The summed E-state index contributed by atoms with van der Waals surface area (Å²) in [5.41, 5.74) is 5.98. The van der Waals surface area contributed by atoms with Gasteiger partial charge in [0.05, 0.1) is 30.8 Å². The maximum Gasteiger partial charge on any atom is 0.306 e. The Morgan fingerprint density at radius 1 is 1.21 bits per heavy atom. The van der Waals surface area contributed by atoms with Gasteiger partial charge in [-0.3, -0.25) is 9.78 Å². The molecule has 1 N–H and O–H groups in total. The zero-order valence-corrected chi connectivity index (χ0v) is 16.8. The molecule has 1 aromatic carbocycles. The number of carbonyl (C=O) groups excluding carboxylic acids is 1. The van der Waals surface area contributed by atoms with Gasteiger partial charge in [0.15, 0.2) is 0 Å². The normalized spacial score (nSPS) is 12.3. The van der Waals surface area contributed by atoms with Crippen LogP contribution < -0.4 is 0 Å². The molecule has 0 unspecified atom stereocenters. The highest BCUT2D eigenvalue weighted by Crippen LogP contribution is 2.33. The summed E-state index contributed by atoms with van der Waals surface area (Å²) in [6, 6.07) is 7.83. The second kappa shape index (κ2) is 8.48. The van der Waals surface area contributed by atoms with Crippen LogP contribution in [0.2, 0.25) is 0 Å². The van der Waals surface area contributed by atoms with Gasteiger partial charge in [-0.15, -0.1) is 5.10 Å². The molecule has 0 radical (unpaired) electrons. The molecule has 0 aliphatic rings. The lowest BCUT2D eigenvalue weighted by atomic mass is 9.88. The molecule has 0 saturated heterocycles. The molecule has 0 aliphatic heterocycles. The third kappa shape index (κ3) is 3.75. The third-order valence-electron chi connectivity index (χ3n) is 5.06. The minimum atomic E-state index is -0.291. The molecular weight excluding hydrogens is 356 g/mol. The number of esters is 1. The first-order chi connectivity index (χ1) is 13.5. The van der Waals surface area contributed by atoms with Gasteiger partial charge in [0.1, 0.15) is 5.52 Å². The lowest BCUT2D eigenvalue weighted by molar-refractivity contribution is -0.143. The van der Waals surface area contributed by atoms with Crippen LogP contribution in [0.1, 0.15) is 54.3 Å². The summed E-state index contributed by atoms with van der Waals surface area (Å²) in [5, 5.41) is 18.1. The van der Waals surface area contributed by atoms with Crippen molar-refractivity contribution < 1.29 is 14.6 Å². The Morgan fingerprint density at radius 3 is 2.68 bits per heavy atom. The van der Waals surface area contributed by atoms with Crippen molar-refractivity contribution in [2.75, 3.05) is 6.61 Å². The lowest BCUT2D eigenvalue weighted by Gasteiger charge is -2.20. The minimum Gasteiger partial charge on any atom is -0.466 e. The number of aryl methyl sites for hydroxylation is 3. The molecule has 0 fully saturated rings. The molecule has 1 atom stereocenters. The number of benzene rings is 1. The second-order valence-electron chi connectivity index (χ2n) is 6.77. The quantitative estimate of drug-likeness (QED) is 0.632. The highest BCUT2D eigenvalue weighted by atomic mass is 16.5. The Hall–Kier alpha value is -2.80. The first-order valence-corrected chi connectivity index (χ1v) is 9.55. The van der Waals surface area contributed by atoms with Crippen molar-refractivity contribution in [3.05, 3.63) is 52.3 Å². The van der Waals surface area contributed by atoms with E-state index in [9.17, 15) is 9.90 Å². The van der Waals surface area contributed by atoms with E-state index in [-0.39, 0.29) is 24.9 Å². The SMILES string of the molecule is CCOC(=O)C[C@@H](c1ccc(C)c(CO)n1)c1ccc2c(nnn2CC)c1C. The number of aliphatic hydroxyl groups is 1. The molecule has 2 heterocycles. The molecular formula is C21H26N4O3. The number of nitrogens with zero attached hydrogens (tertiary/aromatic N) is 4. The third-order valence-corrected chi connectivity index (χ3v) is 5.06. The average molecular weight is 382 g/mol. The smallest absolute Gasteiger partial charge is 0.306 e. The Kier molecular flexibility index (Phi) is 6.04. The molecule has 0 aliphatic carbocycles. The predicted molar refractivity (Wildman–Crippen MR) is 106 cm³/mol. The fourth-order valence-corrected chi connectivity index (χ4v) is 3.50. The van der Waals surface area contributed by atoms with Gasteiger partial charge in [-0.1, -0.05) is 17.3 Å². The van der Waals surface area contributed by atoms with E-state index in [1.54, 1.807) is 6.92 Å². The first-order valence-electron chi connectivity index (χ1n) is 9.55. The van der Waals surface area contributed by atoms with Crippen LogP contribution in [0, 0.1) is 13.8 Å².